The van der Waals surface area contributed by atoms with E-state index < -0.39 is 0 Å². The number of rotatable bonds is 14. The minimum Gasteiger partial charge on any atom is -0.384 e. The SMILES string of the molecule is COCC(COC)CN(Cc1ccccc1)CC(COC)COC. The van der Waals surface area contributed by atoms with Crippen LogP contribution in [-0.2, 0) is 25.5 Å². The summed E-state index contributed by atoms with van der Waals surface area (Å²) in [7, 11) is 6.96. The maximum Gasteiger partial charge on any atom is 0.0524 e. The maximum atomic E-state index is 5.35. The Morgan fingerprint density at radius 1 is 0.708 bits per heavy atom. The number of ether oxygens (including phenoxy) is 4. The molecule has 5 nitrogen and oxygen atoms in total. The molecule has 0 aliphatic heterocycles. The molecule has 5 heteroatoms. The number of hydrogen-bond acceptors (Lipinski definition) is 5. The van der Waals surface area contributed by atoms with E-state index in [0.717, 1.165) is 19.6 Å². The molecule has 0 bridgehead atoms. The van der Waals surface area contributed by atoms with Crippen molar-refractivity contribution in [3.63, 3.8) is 0 Å². The van der Waals surface area contributed by atoms with Gasteiger partial charge in [0.1, 0.15) is 0 Å². The summed E-state index contributed by atoms with van der Waals surface area (Å²) in [6.45, 7) is 5.50. The average molecular weight is 339 g/mol. The molecule has 0 aliphatic rings. The first-order valence-electron chi connectivity index (χ1n) is 8.45. The van der Waals surface area contributed by atoms with Crippen LogP contribution in [0, 0.1) is 11.8 Å². The molecule has 0 unspecified atom stereocenters. The van der Waals surface area contributed by atoms with E-state index in [-0.39, 0.29) is 0 Å². The molecule has 0 saturated carbocycles. The Balaban J connectivity index is 2.75. The largest absolute Gasteiger partial charge is 0.384 e. The van der Waals surface area contributed by atoms with Crippen LogP contribution >= 0.6 is 0 Å². The van der Waals surface area contributed by atoms with Gasteiger partial charge in [0.2, 0.25) is 0 Å². The van der Waals surface area contributed by atoms with Crippen molar-refractivity contribution < 1.29 is 18.9 Å². The van der Waals surface area contributed by atoms with Crippen LogP contribution in [-0.4, -0.2) is 72.9 Å². The van der Waals surface area contributed by atoms with Crippen molar-refractivity contribution >= 4 is 0 Å². The Labute approximate surface area is 146 Å². The van der Waals surface area contributed by atoms with Crippen molar-refractivity contribution in [2.75, 3.05) is 68.0 Å². The van der Waals surface area contributed by atoms with Gasteiger partial charge in [-0.1, -0.05) is 30.3 Å². The van der Waals surface area contributed by atoms with Crippen LogP contribution in [0.3, 0.4) is 0 Å². The second-order valence-electron chi connectivity index (χ2n) is 6.23. The van der Waals surface area contributed by atoms with Crippen LogP contribution in [0.4, 0.5) is 0 Å². The van der Waals surface area contributed by atoms with E-state index in [9.17, 15) is 0 Å². The summed E-state index contributed by atoms with van der Waals surface area (Å²) in [6, 6.07) is 10.5. The van der Waals surface area contributed by atoms with Crippen LogP contribution in [0.25, 0.3) is 0 Å². The lowest BCUT2D eigenvalue weighted by atomic mass is 10.1. The van der Waals surface area contributed by atoms with E-state index >= 15 is 0 Å². The third kappa shape index (κ3) is 8.76. The van der Waals surface area contributed by atoms with Crippen molar-refractivity contribution in [1.29, 1.82) is 0 Å². The normalized spacial score (nSPS) is 11.8. The van der Waals surface area contributed by atoms with Gasteiger partial charge in [-0.25, -0.2) is 0 Å². The van der Waals surface area contributed by atoms with Gasteiger partial charge < -0.3 is 18.9 Å². The van der Waals surface area contributed by atoms with Crippen LogP contribution < -0.4 is 0 Å². The molecule has 24 heavy (non-hydrogen) atoms. The molecule has 1 rings (SSSR count). The zero-order valence-corrected chi connectivity index (χ0v) is 15.6. The van der Waals surface area contributed by atoms with E-state index in [4.69, 9.17) is 18.9 Å². The van der Waals surface area contributed by atoms with Crippen LogP contribution in [0.1, 0.15) is 5.56 Å². The Morgan fingerprint density at radius 2 is 1.12 bits per heavy atom. The first-order chi connectivity index (χ1) is 11.7. The third-order valence-corrected chi connectivity index (χ3v) is 3.89. The molecule has 0 fully saturated rings. The summed E-state index contributed by atoms with van der Waals surface area (Å²) in [5, 5.41) is 0. The van der Waals surface area contributed by atoms with Crippen molar-refractivity contribution in [2.24, 2.45) is 11.8 Å². The smallest absolute Gasteiger partial charge is 0.0524 e. The van der Waals surface area contributed by atoms with Gasteiger partial charge in [0.15, 0.2) is 0 Å². The molecule has 1 aromatic rings. The zero-order chi connectivity index (χ0) is 17.6. The molecule has 0 saturated heterocycles. The Kier molecular flexibility index (Phi) is 11.7. The third-order valence-electron chi connectivity index (χ3n) is 3.89. The van der Waals surface area contributed by atoms with E-state index in [1.165, 1.54) is 5.56 Å². The highest BCUT2D eigenvalue weighted by Gasteiger charge is 2.19. The summed E-state index contributed by atoms with van der Waals surface area (Å²) in [4.78, 5) is 2.45. The predicted molar refractivity (Wildman–Crippen MR) is 96.2 cm³/mol. The molecule has 0 amide bonds. The van der Waals surface area contributed by atoms with Crippen molar-refractivity contribution in [2.45, 2.75) is 6.54 Å². The van der Waals surface area contributed by atoms with Crippen LogP contribution in [0.5, 0.6) is 0 Å². The van der Waals surface area contributed by atoms with Gasteiger partial charge in [0.25, 0.3) is 0 Å². The highest BCUT2D eigenvalue weighted by atomic mass is 16.5. The minimum atomic E-state index is 0.342. The second-order valence-corrected chi connectivity index (χ2v) is 6.23. The quantitative estimate of drug-likeness (QED) is 0.520. The lowest BCUT2D eigenvalue weighted by molar-refractivity contribution is 0.0330. The predicted octanol–water partition coefficient (Wildman–Crippen LogP) is 2.31. The molecular weight excluding hydrogens is 306 g/mol. The molecule has 0 heterocycles. The summed E-state index contributed by atoms with van der Waals surface area (Å²) in [5.74, 6) is 0.684. The number of hydrogen-bond donors (Lipinski definition) is 0. The first kappa shape index (κ1) is 21.1. The van der Waals surface area contributed by atoms with Crippen molar-refractivity contribution in [1.82, 2.24) is 4.90 Å². The Bertz CT molecular complexity index is 372. The summed E-state index contributed by atoms with van der Waals surface area (Å²) < 4.78 is 21.4. The van der Waals surface area contributed by atoms with Crippen molar-refractivity contribution in [3.05, 3.63) is 35.9 Å². The first-order valence-corrected chi connectivity index (χ1v) is 8.45. The molecule has 0 N–H and O–H groups in total. The summed E-state index contributed by atoms with van der Waals surface area (Å²) >= 11 is 0. The van der Waals surface area contributed by atoms with E-state index in [0.29, 0.717) is 38.3 Å². The number of benzene rings is 1. The molecule has 0 aromatic heterocycles. The topological polar surface area (TPSA) is 40.2 Å². The van der Waals surface area contributed by atoms with Gasteiger partial charge in [-0.05, 0) is 5.56 Å². The fourth-order valence-corrected chi connectivity index (χ4v) is 3.03. The van der Waals surface area contributed by atoms with Crippen LogP contribution in [0.2, 0.25) is 0 Å². The number of methoxy groups -OCH3 is 4. The number of nitrogens with zero attached hydrogens (tertiary/aromatic N) is 1. The molecular formula is C19H33NO4. The molecule has 0 spiro atoms. The molecule has 0 aliphatic carbocycles. The van der Waals surface area contributed by atoms with Gasteiger partial charge >= 0.3 is 0 Å². The van der Waals surface area contributed by atoms with E-state index in [2.05, 4.69) is 29.2 Å². The van der Waals surface area contributed by atoms with Gasteiger partial charge in [0.05, 0.1) is 26.4 Å². The highest BCUT2D eigenvalue weighted by Crippen LogP contribution is 2.12. The van der Waals surface area contributed by atoms with Crippen molar-refractivity contribution in [3.8, 4) is 0 Å². The zero-order valence-electron chi connectivity index (χ0n) is 15.6. The van der Waals surface area contributed by atoms with Gasteiger partial charge in [0, 0.05) is 59.9 Å². The average Bonchev–Trinajstić information content (AvgIpc) is 2.56. The summed E-state index contributed by atoms with van der Waals surface area (Å²) in [6.07, 6.45) is 0. The molecule has 0 atom stereocenters. The standard InChI is InChI=1S/C19H33NO4/c1-21-13-18(14-22-2)11-20(10-17-8-6-5-7-9-17)12-19(15-23-3)16-24-4/h5-9,18-19H,10-16H2,1-4H3. The monoisotopic (exact) mass is 339 g/mol. The molecule has 0 radical (unpaired) electrons. The fourth-order valence-electron chi connectivity index (χ4n) is 3.03. The van der Waals surface area contributed by atoms with Gasteiger partial charge in [-0.2, -0.15) is 0 Å². The lowest BCUT2D eigenvalue weighted by Crippen LogP contribution is -2.38. The molecule has 138 valence electrons. The van der Waals surface area contributed by atoms with Gasteiger partial charge in [-0.15, -0.1) is 0 Å². The Hall–Kier alpha value is -0.980. The summed E-state index contributed by atoms with van der Waals surface area (Å²) in [5.41, 5.74) is 1.31. The minimum absolute atomic E-state index is 0.342. The maximum absolute atomic E-state index is 5.35. The van der Waals surface area contributed by atoms with E-state index in [1.807, 2.05) is 6.07 Å². The fraction of sp³-hybridized carbons (Fsp3) is 0.684. The lowest BCUT2D eigenvalue weighted by Gasteiger charge is -2.30. The Morgan fingerprint density at radius 3 is 1.50 bits per heavy atom. The van der Waals surface area contributed by atoms with E-state index in [1.54, 1.807) is 28.4 Å². The highest BCUT2D eigenvalue weighted by molar-refractivity contribution is 5.14. The van der Waals surface area contributed by atoms with Gasteiger partial charge in [-0.3, -0.25) is 4.90 Å². The van der Waals surface area contributed by atoms with Crippen LogP contribution in [0.15, 0.2) is 30.3 Å². The molecule has 1 aromatic carbocycles. The second kappa shape index (κ2) is 13.3.